The third kappa shape index (κ3) is 2.07. The smallest absolute Gasteiger partial charge is 0.147 e. The molecule has 0 aliphatic rings. The Kier molecular flexibility index (Phi) is 2.70. The first-order valence-electron chi connectivity index (χ1n) is 2.92. The molecule has 0 saturated heterocycles. The van der Waals surface area contributed by atoms with Crippen LogP contribution >= 0.6 is 23.2 Å². The molecule has 0 saturated carbocycles. The monoisotopic (exact) mass is 186 g/mol. The van der Waals surface area contributed by atoms with Crippen molar-refractivity contribution in [2.24, 2.45) is 0 Å². The molecule has 2 nitrogen and oxygen atoms in total. The first kappa shape index (κ1) is 8.32. The summed E-state index contributed by atoms with van der Waals surface area (Å²) in [7, 11) is 0. The second-order valence-electron chi connectivity index (χ2n) is 1.91. The molecule has 0 amide bonds. The third-order valence-electron chi connectivity index (χ3n) is 1.12. The van der Waals surface area contributed by atoms with E-state index in [4.69, 9.17) is 28.5 Å². The van der Waals surface area contributed by atoms with E-state index in [1.165, 1.54) is 0 Å². The van der Waals surface area contributed by atoms with Gasteiger partial charge in [-0.2, -0.15) is 5.26 Å². The fraction of sp³-hybridized carbons (Fsp3) is 0.143. The van der Waals surface area contributed by atoms with E-state index in [0.717, 1.165) is 0 Å². The second-order valence-corrected chi connectivity index (χ2v) is 2.68. The van der Waals surface area contributed by atoms with Gasteiger partial charge in [-0.15, -0.1) is 0 Å². The first-order valence-corrected chi connectivity index (χ1v) is 3.67. The Morgan fingerprint density at radius 3 is 2.73 bits per heavy atom. The minimum atomic E-state index is 0.249. The number of nitriles is 1. The van der Waals surface area contributed by atoms with Gasteiger partial charge in [0.15, 0.2) is 0 Å². The molecule has 0 fully saturated rings. The third-order valence-corrected chi connectivity index (χ3v) is 1.81. The SMILES string of the molecule is N#CCc1ccc(Cl)c(Cl)n1. The zero-order valence-corrected chi connectivity index (χ0v) is 7.02. The van der Waals surface area contributed by atoms with Gasteiger partial charge in [-0.1, -0.05) is 23.2 Å². The molecular weight excluding hydrogens is 183 g/mol. The number of hydrogen-bond donors (Lipinski definition) is 0. The number of rotatable bonds is 1. The van der Waals surface area contributed by atoms with Crippen molar-refractivity contribution in [1.82, 2.24) is 4.98 Å². The van der Waals surface area contributed by atoms with Crippen molar-refractivity contribution in [3.63, 3.8) is 0 Å². The van der Waals surface area contributed by atoms with Crippen molar-refractivity contribution in [3.05, 3.63) is 28.0 Å². The van der Waals surface area contributed by atoms with Crippen LogP contribution in [0.1, 0.15) is 5.69 Å². The lowest BCUT2D eigenvalue weighted by atomic mass is 10.3. The van der Waals surface area contributed by atoms with Crippen LogP contribution in [0, 0.1) is 11.3 Å². The summed E-state index contributed by atoms with van der Waals surface area (Å²) < 4.78 is 0. The van der Waals surface area contributed by atoms with Crippen LogP contribution in [0.2, 0.25) is 10.2 Å². The molecule has 0 radical (unpaired) electrons. The van der Waals surface area contributed by atoms with E-state index in [1.807, 2.05) is 6.07 Å². The highest BCUT2D eigenvalue weighted by atomic mass is 35.5. The highest BCUT2D eigenvalue weighted by molar-refractivity contribution is 6.41. The molecule has 1 rings (SSSR count). The Labute approximate surface area is 74.4 Å². The molecule has 56 valence electrons. The summed E-state index contributed by atoms with van der Waals surface area (Å²) in [6, 6.07) is 5.27. The molecule has 1 aromatic heterocycles. The van der Waals surface area contributed by atoms with Gasteiger partial charge in [0, 0.05) is 0 Å². The highest BCUT2D eigenvalue weighted by Gasteiger charge is 1.99. The van der Waals surface area contributed by atoms with E-state index in [0.29, 0.717) is 10.7 Å². The maximum absolute atomic E-state index is 8.31. The van der Waals surface area contributed by atoms with E-state index < -0.39 is 0 Å². The lowest BCUT2D eigenvalue weighted by molar-refractivity contribution is 1.12. The number of hydrogen-bond acceptors (Lipinski definition) is 2. The fourth-order valence-electron chi connectivity index (χ4n) is 0.634. The largest absolute Gasteiger partial charge is 0.238 e. The van der Waals surface area contributed by atoms with Crippen molar-refractivity contribution in [1.29, 1.82) is 5.26 Å². The zero-order chi connectivity index (χ0) is 8.27. The molecule has 0 unspecified atom stereocenters. The molecule has 0 aliphatic carbocycles. The van der Waals surface area contributed by atoms with Crippen LogP contribution in [0.5, 0.6) is 0 Å². The quantitative estimate of drug-likeness (QED) is 0.633. The van der Waals surface area contributed by atoms with Crippen LogP contribution in [-0.2, 0) is 6.42 Å². The number of pyridine rings is 1. The molecule has 1 aromatic rings. The van der Waals surface area contributed by atoms with Crippen LogP contribution < -0.4 is 0 Å². The predicted octanol–water partition coefficient (Wildman–Crippen LogP) is 2.45. The van der Waals surface area contributed by atoms with Gasteiger partial charge in [0.1, 0.15) is 5.15 Å². The predicted molar refractivity (Wildman–Crippen MR) is 43.6 cm³/mol. The molecule has 0 atom stereocenters. The van der Waals surface area contributed by atoms with Gasteiger partial charge in [0.2, 0.25) is 0 Å². The first-order chi connectivity index (χ1) is 5.24. The molecule has 0 N–H and O–H groups in total. The summed E-state index contributed by atoms with van der Waals surface area (Å²) in [6.45, 7) is 0. The van der Waals surface area contributed by atoms with E-state index in [-0.39, 0.29) is 11.6 Å². The molecule has 1 heterocycles. The number of nitrogens with zero attached hydrogens (tertiary/aromatic N) is 2. The maximum Gasteiger partial charge on any atom is 0.147 e. The fourth-order valence-corrected chi connectivity index (χ4v) is 0.911. The number of aromatic nitrogens is 1. The normalized spacial score (nSPS) is 9.18. The average molecular weight is 187 g/mol. The summed E-state index contributed by atoms with van der Waals surface area (Å²) in [5, 5.41) is 8.97. The van der Waals surface area contributed by atoms with Crippen molar-refractivity contribution in [3.8, 4) is 6.07 Å². The van der Waals surface area contributed by atoms with Crippen LogP contribution in [0.4, 0.5) is 0 Å². The van der Waals surface area contributed by atoms with E-state index >= 15 is 0 Å². The second kappa shape index (κ2) is 3.56. The van der Waals surface area contributed by atoms with Gasteiger partial charge in [-0.05, 0) is 12.1 Å². The van der Waals surface area contributed by atoms with E-state index in [2.05, 4.69) is 4.98 Å². The Morgan fingerprint density at radius 2 is 2.18 bits per heavy atom. The maximum atomic E-state index is 8.31. The Bertz CT molecular complexity index is 304. The summed E-state index contributed by atoms with van der Waals surface area (Å²) in [5.74, 6) is 0. The number of halogens is 2. The zero-order valence-electron chi connectivity index (χ0n) is 5.51. The summed E-state index contributed by atoms with van der Waals surface area (Å²) in [5.41, 5.74) is 0.641. The highest BCUT2D eigenvalue weighted by Crippen LogP contribution is 2.18. The molecule has 11 heavy (non-hydrogen) atoms. The Balaban J connectivity index is 2.98. The van der Waals surface area contributed by atoms with E-state index in [1.54, 1.807) is 12.1 Å². The average Bonchev–Trinajstić information content (AvgIpc) is 1.98. The summed E-state index contributed by atoms with van der Waals surface area (Å²) in [4.78, 5) is 3.87. The van der Waals surface area contributed by atoms with Crippen LogP contribution in [0.25, 0.3) is 0 Å². The standard InChI is InChI=1S/C7H4Cl2N2/c8-6-2-1-5(3-4-10)11-7(6)9/h1-2H,3H2. The van der Waals surface area contributed by atoms with Gasteiger partial charge in [-0.3, -0.25) is 0 Å². The molecular formula is C7H4Cl2N2. The Morgan fingerprint density at radius 1 is 1.45 bits per heavy atom. The van der Waals surface area contributed by atoms with Crippen molar-refractivity contribution >= 4 is 23.2 Å². The topological polar surface area (TPSA) is 36.7 Å². The molecule has 0 aliphatic heterocycles. The van der Waals surface area contributed by atoms with Crippen molar-refractivity contribution in [2.75, 3.05) is 0 Å². The minimum absolute atomic E-state index is 0.249. The van der Waals surface area contributed by atoms with Gasteiger partial charge >= 0.3 is 0 Å². The lowest BCUT2D eigenvalue weighted by Gasteiger charge is -1.95. The summed E-state index contributed by atoms with van der Waals surface area (Å²) >= 11 is 11.2. The Hall–Kier alpha value is -0.780. The van der Waals surface area contributed by atoms with Gasteiger partial charge < -0.3 is 0 Å². The molecule has 0 bridgehead atoms. The summed E-state index contributed by atoms with van der Waals surface area (Å²) in [6.07, 6.45) is 0.261. The lowest BCUT2D eigenvalue weighted by Crippen LogP contribution is -1.87. The van der Waals surface area contributed by atoms with Crippen LogP contribution in [0.15, 0.2) is 12.1 Å². The molecule has 0 aromatic carbocycles. The van der Waals surface area contributed by atoms with E-state index in [9.17, 15) is 0 Å². The van der Waals surface area contributed by atoms with Crippen LogP contribution in [-0.4, -0.2) is 4.98 Å². The molecule has 4 heteroatoms. The van der Waals surface area contributed by atoms with Gasteiger partial charge in [0.05, 0.1) is 23.2 Å². The van der Waals surface area contributed by atoms with Crippen molar-refractivity contribution < 1.29 is 0 Å². The van der Waals surface area contributed by atoms with Crippen molar-refractivity contribution in [2.45, 2.75) is 6.42 Å². The van der Waals surface area contributed by atoms with Gasteiger partial charge in [-0.25, -0.2) is 4.98 Å². The molecule has 0 spiro atoms. The van der Waals surface area contributed by atoms with Crippen LogP contribution in [0.3, 0.4) is 0 Å². The van der Waals surface area contributed by atoms with Gasteiger partial charge in [0.25, 0.3) is 0 Å². The minimum Gasteiger partial charge on any atom is -0.238 e.